The molecule has 0 unspecified atom stereocenters. The highest BCUT2D eigenvalue weighted by atomic mass is 32.2. The zero-order valence-corrected chi connectivity index (χ0v) is 15.5. The average Bonchev–Trinajstić information content (AvgIpc) is 3.00. The quantitative estimate of drug-likeness (QED) is 0.840. The Kier molecular flexibility index (Phi) is 5.12. The third-order valence-corrected chi connectivity index (χ3v) is 5.94. The predicted molar refractivity (Wildman–Crippen MR) is 93.2 cm³/mol. The molecule has 0 spiro atoms. The first-order valence-electron chi connectivity index (χ1n) is 8.18. The van der Waals surface area contributed by atoms with Gasteiger partial charge in [-0.05, 0) is 37.1 Å². The molecule has 1 N–H and O–H groups in total. The molecule has 136 valence electrons. The number of hydrogen-bond acceptors (Lipinski definition) is 5. The van der Waals surface area contributed by atoms with Crippen molar-refractivity contribution in [1.82, 2.24) is 14.5 Å². The molecule has 1 aliphatic rings. The summed E-state index contributed by atoms with van der Waals surface area (Å²) in [5.74, 6) is 0.351. The number of nitrogens with one attached hydrogen (secondary N) is 1. The van der Waals surface area contributed by atoms with E-state index in [2.05, 4.69) is 9.82 Å². The summed E-state index contributed by atoms with van der Waals surface area (Å²) in [6.45, 7) is 5.78. The lowest BCUT2D eigenvalue weighted by Gasteiger charge is -2.16. The zero-order chi connectivity index (χ0) is 18.0. The average molecular weight is 365 g/mol. The van der Waals surface area contributed by atoms with Crippen LogP contribution in [0.5, 0.6) is 5.75 Å². The highest BCUT2D eigenvalue weighted by Gasteiger charge is 2.21. The number of benzene rings is 1. The molecule has 7 nitrogen and oxygen atoms in total. The predicted octanol–water partition coefficient (Wildman–Crippen LogP) is 1.56. The molecule has 1 aromatic heterocycles. The fraction of sp³-hybridized carbons (Fsp3) is 0.471. The monoisotopic (exact) mass is 365 g/mol. The number of ether oxygens (including phenoxy) is 2. The van der Waals surface area contributed by atoms with Crippen LogP contribution in [0.2, 0.25) is 0 Å². The number of nitrogens with zero attached hydrogens (tertiary/aromatic N) is 2. The first-order valence-corrected chi connectivity index (χ1v) is 9.67. The molecule has 0 bridgehead atoms. The smallest absolute Gasteiger partial charge is 0.244 e. The van der Waals surface area contributed by atoms with E-state index in [1.807, 2.05) is 18.5 Å². The summed E-state index contributed by atoms with van der Waals surface area (Å²) >= 11 is 0. The Bertz CT molecular complexity index is 874. The van der Waals surface area contributed by atoms with Crippen LogP contribution in [-0.2, 0) is 34.3 Å². The number of aromatic nitrogens is 2. The van der Waals surface area contributed by atoms with E-state index in [0.717, 1.165) is 28.8 Å². The van der Waals surface area contributed by atoms with Crippen LogP contribution in [0.1, 0.15) is 22.4 Å². The number of rotatable bonds is 6. The third-order valence-electron chi connectivity index (χ3n) is 4.46. The Labute approximate surface area is 148 Å². The Morgan fingerprint density at radius 2 is 2.08 bits per heavy atom. The summed E-state index contributed by atoms with van der Waals surface area (Å²) < 4.78 is 40.4. The lowest BCUT2D eigenvalue weighted by molar-refractivity contribution is 0.109. The van der Waals surface area contributed by atoms with Crippen LogP contribution in [-0.4, -0.2) is 38.5 Å². The molecule has 0 amide bonds. The highest BCUT2D eigenvalue weighted by molar-refractivity contribution is 7.89. The maximum Gasteiger partial charge on any atom is 0.244 e. The summed E-state index contributed by atoms with van der Waals surface area (Å²) in [6.07, 6.45) is 2.59. The maximum absolute atomic E-state index is 12.7. The molecule has 8 heteroatoms. The van der Waals surface area contributed by atoms with Gasteiger partial charge in [-0.1, -0.05) is 0 Å². The summed E-state index contributed by atoms with van der Waals surface area (Å²) in [7, 11) is -2.18. The van der Waals surface area contributed by atoms with Gasteiger partial charge in [-0.2, -0.15) is 5.10 Å². The second kappa shape index (κ2) is 7.15. The van der Waals surface area contributed by atoms with Crippen molar-refractivity contribution in [2.24, 2.45) is 0 Å². The SMILES string of the molecule is COc1cc(C)c(C)cc1S(=O)(=O)NCCn1ncc2c1CCOC2. The van der Waals surface area contributed by atoms with Gasteiger partial charge in [0.1, 0.15) is 10.6 Å². The lowest BCUT2D eigenvalue weighted by Crippen LogP contribution is -2.29. The third kappa shape index (κ3) is 3.70. The van der Waals surface area contributed by atoms with Gasteiger partial charge in [0.2, 0.25) is 10.0 Å². The Hall–Kier alpha value is -1.90. The van der Waals surface area contributed by atoms with Gasteiger partial charge in [0.15, 0.2) is 0 Å². The minimum atomic E-state index is -3.66. The van der Waals surface area contributed by atoms with Gasteiger partial charge in [-0.25, -0.2) is 13.1 Å². The van der Waals surface area contributed by atoms with E-state index >= 15 is 0 Å². The molecule has 0 atom stereocenters. The standard InChI is InChI=1S/C17H23N3O4S/c1-12-8-16(23-3)17(9-13(12)2)25(21,22)19-5-6-20-15-4-7-24-11-14(15)10-18-20/h8-10,19H,4-7,11H2,1-3H3. The first kappa shape index (κ1) is 17.9. The van der Waals surface area contributed by atoms with Gasteiger partial charge in [0, 0.05) is 24.2 Å². The van der Waals surface area contributed by atoms with E-state index in [-0.39, 0.29) is 11.4 Å². The fourth-order valence-electron chi connectivity index (χ4n) is 2.90. The lowest BCUT2D eigenvalue weighted by atomic mass is 10.1. The molecular weight excluding hydrogens is 342 g/mol. The van der Waals surface area contributed by atoms with Crippen molar-refractivity contribution in [1.29, 1.82) is 0 Å². The maximum atomic E-state index is 12.7. The van der Waals surface area contributed by atoms with E-state index in [0.29, 0.717) is 25.5 Å². The Morgan fingerprint density at radius 3 is 2.84 bits per heavy atom. The number of sulfonamides is 1. The molecule has 1 aromatic carbocycles. The summed E-state index contributed by atoms with van der Waals surface area (Å²) in [6, 6.07) is 3.39. The van der Waals surface area contributed by atoms with Crippen LogP contribution in [0, 0.1) is 13.8 Å². The molecule has 0 saturated carbocycles. The Balaban J connectivity index is 1.72. The summed E-state index contributed by atoms with van der Waals surface area (Å²) in [4.78, 5) is 0.161. The van der Waals surface area contributed by atoms with Gasteiger partial charge in [0.25, 0.3) is 0 Å². The van der Waals surface area contributed by atoms with E-state index in [1.54, 1.807) is 18.3 Å². The van der Waals surface area contributed by atoms with Gasteiger partial charge in [-0.3, -0.25) is 4.68 Å². The van der Waals surface area contributed by atoms with Crippen molar-refractivity contribution in [2.45, 2.75) is 38.3 Å². The van der Waals surface area contributed by atoms with Crippen molar-refractivity contribution in [3.63, 3.8) is 0 Å². The molecular formula is C17H23N3O4S. The Morgan fingerprint density at radius 1 is 1.32 bits per heavy atom. The second-order valence-corrected chi connectivity index (χ2v) is 7.86. The molecule has 0 radical (unpaired) electrons. The van der Waals surface area contributed by atoms with Crippen molar-refractivity contribution in [2.75, 3.05) is 20.3 Å². The summed E-state index contributed by atoms with van der Waals surface area (Å²) in [5.41, 5.74) is 4.09. The number of hydrogen-bond donors (Lipinski definition) is 1. The van der Waals surface area contributed by atoms with Crippen molar-refractivity contribution >= 4 is 10.0 Å². The number of methoxy groups -OCH3 is 1. The van der Waals surface area contributed by atoms with E-state index < -0.39 is 10.0 Å². The van der Waals surface area contributed by atoms with Gasteiger partial charge >= 0.3 is 0 Å². The molecule has 2 aromatic rings. The van der Waals surface area contributed by atoms with Crippen LogP contribution >= 0.6 is 0 Å². The van der Waals surface area contributed by atoms with Crippen LogP contribution in [0.25, 0.3) is 0 Å². The largest absolute Gasteiger partial charge is 0.495 e. The minimum absolute atomic E-state index is 0.161. The van der Waals surface area contributed by atoms with Gasteiger partial charge in [-0.15, -0.1) is 0 Å². The second-order valence-electron chi connectivity index (χ2n) is 6.13. The molecule has 3 rings (SSSR count). The topological polar surface area (TPSA) is 82.5 Å². The van der Waals surface area contributed by atoms with Crippen LogP contribution in [0.15, 0.2) is 23.2 Å². The fourth-order valence-corrected chi connectivity index (χ4v) is 4.15. The summed E-state index contributed by atoms with van der Waals surface area (Å²) in [5, 5.41) is 4.33. The van der Waals surface area contributed by atoms with Crippen LogP contribution in [0.4, 0.5) is 0 Å². The number of aryl methyl sites for hydroxylation is 2. The van der Waals surface area contributed by atoms with Gasteiger partial charge in [0.05, 0.1) is 33.1 Å². The normalized spacial score (nSPS) is 14.4. The van der Waals surface area contributed by atoms with E-state index in [1.165, 1.54) is 7.11 Å². The van der Waals surface area contributed by atoms with Crippen molar-refractivity contribution < 1.29 is 17.9 Å². The zero-order valence-electron chi connectivity index (χ0n) is 14.7. The minimum Gasteiger partial charge on any atom is -0.495 e. The van der Waals surface area contributed by atoms with Crippen LogP contribution in [0.3, 0.4) is 0 Å². The number of fused-ring (bicyclic) bond motifs is 1. The molecule has 2 heterocycles. The first-order chi connectivity index (χ1) is 11.9. The molecule has 0 fully saturated rings. The van der Waals surface area contributed by atoms with E-state index in [4.69, 9.17) is 9.47 Å². The highest BCUT2D eigenvalue weighted by Crippen LogP contribution is 2.27. The molecule has 0 aliphatic carbocycles. The van der Waals surface area contributed by atoms with Gasteiger partial charge < -0.3 is 9.47 Å². The van der Waals surface area contributed by atoms with E-state index in [9.17, 15) is 8.42 Å². The molecule has 25 heavy (non-hydrogen) atoms. The van der Waals surface area contributed by atoms with Crippen molar-refractivity contribution in [3.05, 3.63) is 40.7 Å². The van der Waals surface area contributed by atoms with Crippen LogP contribution < -0.4 is 9.46 Å². The molecule has 0 saturated heterocycles. The molecule has 1 aliphatic heterocycles. The van der Waals surface area contributed by atoms with Crippen molar-refractivity contribution in [3.8, 4) is 5.75 Å².